The van der Waals surface area contributed by atoms with Gasteiger partial charge >= 0.3 is 0 Å². The molecule has 0 saturated heterocycles. The summed E-state index contributed by atoms with van der Waals surface area (Å²) < 4.78 is 17.4. The normalized spacial score (nSPS) is 12.0. The van der Waals surface area contributed by atoms with Crippen molar-refractivity contribution in [1.29, 1.82) is 10.5 Å². The molecule has 0 atom stereocenters. The molecule has 0 radical (unpaired) electrons. The van der Waals surface area contributed by atoms with Crippen LogP contribution >= 0.6 is 0 Å². The zero-order chi connectivity index (χ0) is 33.1. The van der Waals surface area contributed by atoms with Gasteiger partial charge in [0.2, 0.25) is 0 Å². The Hall–Kier alpha value is -7.28. The third-order valence-electron chi connectivity index (χ3n) is 10.2. The lowest BCUT2D eigenvalue weighted by Crippen LogP contribution is -1.94. The van der Waals surface area contributed by atoms with E-state index in [0.29, 0.717) is 11.1 Å². The first-order chi connectivity index (χ1) is 24.7. The first-order valence-electron chi connectivity index (χ1n) is 16.4. The molecule has 0 saturated carbocycles. The van der Waals surface area contributed by atoms with Gasteiger partial charge in [-0.15, -0.1) is 0 Å². The summed E-state index contributed by atoms with van der Waals surface area (Å²) in [6, 6.07) is 49.7. The van der Waals surface area contributed by atoms with Gasteiger partial charge in [0.25, 0.3) is 0 Å². The number of para-hydroxylation sites is 2. The Bertz CT molecular complexity index is 3360. The van der Waals surface area contributed by atoms with E-state index in [9.17, 15) is 10.5 Å². The number of nitrogens with zero attached hydrogens (tertiary/aromatic N) is 4. The maximum atomic E-state index is 9.84. The fraction of sp³-hybridized carbons (Fsp3) is 0. The highest BCUT2D eigenvalue weighted by Crippen LogP contribution is 2.42. The van der Waals surface area contributed by atoms with Crippen molar-refractivity contribution in [2.45, 2.75) is 0 Å². The van der Waals surface area contributed by atoms with Crippen LogP contribution < -0.4 is 0 Å². The van der Waals surface area contributed by atoms with Gasteiger partial charge in [-0.1, -0.05) is 36.4 Å². The summed E-state index contributed by atoms with van der Waals surface area (Å²) in [6.07, 6.45) is 0. The Morgan fingerprint density at radius 1 is 0.400 bits per heavy atom. The molecule has 0 bridgehead atoms. The smallest absolute Gasteiger partial charge is 0.145 e. The topological polar surface area (TPSA) is 83.7 Å². The molecule has 11 rings (SSSR count). The van der Waals surface area contributed by atoms with Crippen molar-refractivity contribution in [3.8, 4) is 23.5 Å². The van der Waals surface area contributed by atoms with E-state index in [2.05, 4.69) is 75.9 Å². The lowest BCUT2D eigenvalue weighted by molar-refractivity contribution is 0.668. The second kappa shape index (κ2) is 9.64. The summed E-state index contributed by atoms with van der Waals surface area (Å²) >= 11 is 0. The highest BCUT2D eigenvalue weighted by Gasteiger charge is 2.21. The van der Waals surface area contributed by atoms with Crippen molar-refractivity contribution in [2.24, 2.45) is 0 Å². The van der Waals surface area contributed by atoms with Crippen LogP contribution in [0.2, 0.25) is 0 Å². The average Bonchev–Trinajstić information content (AvgIpc) is 3.91. The van der Waals surface area contributed by atoms with E-state index in [1.54, 1.807) is 0 Å². The van der Waals surface area contributed by atoms with Crippen LogP contribution in [0.3, 0.4) is 0 Å². The van der Waals surface area contributed by atoms with E-state index in [1.165, 1.54) is 0 Å². The number of rotatable bonds is 2. The predicted octanol–water partition coefficient (Wildman–Crippen LogP) is 11.4. The second-order valence-electron chi connectivity index (χ2n) is 12.8. The maximum Gasteiger partial charge on any atom is 0.145 e. The summed E-state index contributed by atoms with van der Waals surface area (Å²) in [5.74, 6) is 0. The second-order valence-corrected chi connectivity index (χ2v) is 12.8. The quantitative estimate of drug-likeness (QED) is 0.189. The number of nitriles is 2. The van der Waals surface area contributed by atoms with Gasteiger partial charge in [0.05, 0.1) is 50.7 Å². The zero-order valence-corrected chi connectivity index (χ0v) is 26.3. The van der Waals surface area contributed by atoms with Crippen molar-refractivity contribution in [3.05, 3.63) is 145 Å². The number of fused-ring (bicyclic) bond motifs is 13. The zero-order valence-electron chi connectivity index (χ0n) is 26.3. The Morgan fingerprint density at radius 3 is 1.68 bits per heavy atom. The molecule has 230 valence electrons. The van der Waals surface area contributed by atoms with Gasteiger partial charge in [0, 0.05) is 49.1 Å². The van der Waals surface area contributed by atoms with Crippen molar-refractivity contribution in [1.82, 2.24) is 9.13 Å². The Morgan fingerprint density at radius 2 is 0.960 bits per heavy atom. The van der Waals surface area contributed by atoms with Crippen molar-refractivity contribution in [2.75, 3.05) is 0 Å². The van der Waals surface area contributed by atoms with Crippen LogP contribution in [0.15, 0.2) is 142 Å². The standard InChI is InChI=1S/C44H22N4O2/c45-23-25-9-14-37-32(19-25)29-5-1-3-7-36(29)47(37)27-11-17-41-33(21-27)34-22-28(12-18-42(34)49-41)48-38-15-10-26(24-46)20-35(38)43-39(48)16-13-31-30-6-2-4-8-40(30)50-44(31)43/h1-22H. The van der Waals surface area contributed by atoms with Crippen LogP contribution in [0.5, 0.6) is 0 Å². The molecule has 0 aliphatic rings. The summed E-state index contributed by atoms with van der Waals surface area (Å²) in [7, 11) is 0. The molecule has 0 aliphatic heterocycles. The molecule has 6 heteroatoms. The van der Waals surface area contributed by atoms with Crippen LogP contribution in [0.1, 0.15) is 11.1 Å². The number of hydrogen-bond donors (Lipinski definition) is 0. The van der Waals surface area contributed by atoms with E-state index in [4.69, 9.17) is 8.83 Å². The largest absolute Gasteiger partial charge is 0.456 e. The molecule has 0 spiro atoms. The monoisotopic (exact) mass is 638 g/mol. The van der Waals surface area contributed by atoms with E-state index in [-0.39, 0.29) is 0 Å². The Balaban J connectivity index is 1.18. The van der Waals surface area contributed by atoms with Gasteiger partial charge in [-0.2, -0.15) is 10.5 Å². The van der Waals surface area contributed by atoms with Crippen LogP contribution in [-0.4, -0.2) is 9.13 Å². The molecule has 6 nitrogen and oxygen atoms in total. The van der Waals surface area contributed by atoms with Crippen molar-refractivity contribution in [3.63, 3.8) is 0 Å². The Kier molecular flexibility index (Phi) is 5.16. The fourth-order valence-electron chi connectivity index (χ4n) is 7.99. The van der Waals surface area contributed by atoms with E-state index in [0.717, 1.165) is 98.9 Å². The summed E-state index contributed by atoms with van der Waals surface area (Å²) in [5, 5.41) is 27.7. The highest BCUT2D eigenvalue weighted by atomic mass is 16.3. The van der Waals surface area contributed by atoms with Crippen molar-refractivity contribution < 1.29 is 8.83 Å². The minimum atomic E-state index is 0.599. The van der Waals surface area contributed by atoms with E-state index >= 15 is 0 Å². The molecule has 0 amide bonds. The average molecular weight is 639 g/mol. The van der Waals surface area contributed by atoms with Gasteiger partial charge in [-0.3, -0.25) is 0 Å². The van der Waals surface area contributed by atoms with Crippen molar-refractivity contribution >= 4 is 87.5 Å². The van der Waals surface area contributed by atoms with E-state index in [1.807, 2.05) is 78.9 Å². The van der Waals surface area contributed by atoms with Gasteiger partial charge in [-0.25, -0.2) is 0 Å². The highest BCUT2D eigenvalue weighted by molar-refractivity contribution is 6.24. The van der Waals surface area contributed by atoms with Crippen LogP contribution in [0.25, 0.3) is 98.9 Å². The minimum Gasteiger partial charge on any atom is -0.456 e. The fourth-order valence-corrected chi connectivity index (χ4v) is 7.99. The molecule has 4 heterocycles. The van der Waals surface area contributed by atoms with Crippen LogP contribution in [-0.2, 0) is 0 Å². The molecule has 0 aliphatic carbocycles. The van der Waals surface area contributed by atoms with Crippen LogP contribution in [0.4, 0.5) is 0 Å². The van der Waals surface area contributed by atoms with Gasteiger partial charge < -0.3 is 18.0 Å². The first kappa shape index (κ1) is 26.8. The molecule has 0 fully saturated rings. The minimum absolute atomic E-state index is 0.599. The predicted molar refractivity (Wildman–Crippen MR) is 199 cm³/mol. The lowest BCUT2D eigenvalue weighted by Gasteiger charge is -2.09. The third kappa shape index (κ3) is 3.49. The summed E-state index contributed by atoms with van der Waals surface area (Å²) in [5.41, 5.74) is 10.6. The van der Waals surface area contributed by atoms with Gasteiger partial charge in [0.1, 0.15) is 22.3 Å². The number of aromatic nitrogens is 2. The molecule has 50 heavy (non-hydrogen) atoms. The molecule has 7 aromatic carbocycles. The van der Waals surface area contributed by atoms with Gasteiger partial charge in [-0.05, 0) is 97.1 Å². The summed E-state index contributed by atoms with van der Waals surface area (Å²) in [4.78, 5) is 0. The maximum absolute atomic E-state index is 9.84. The van der Waals surface area contributed by atoms with Gasteiger partial charge in [0.15, 0.2) is 0 Å². The number of furan rings is 2. The summed E-state index contributed by atoms with van der Waals surface area (Å²) in [6.45, 7) is 0. The molecule has 11 aromatic rings. The first-order valence-corrected chi connectivity index (χ1v) is 16.4. The Labute approximate surface area is 283 Å². The lowest BCUT2D eigenvalue weighted by atomic mass is 10.1. The number of hydrogen-bond acceptors (Lipinski definition) is 4. The molecular weight excluding hydrogens is 617 g/mol. The molecule has 4 aromatic heterocycles. The SMILES string of the molecule is N#Cc1ccc2c(c1)c1ccccc1n2-c1ccc2oc3ccc(-n4c5ccc(C#N)cc5c5c6oc7ccccc7c6ccc54)cc3c2c1. The number of benzene rings is 7. The van der Waals surface area contributed by atoms with Crippen LogP contribution in [0, 0.1) is 22.7 Å². The van der Waals surface area contributed by atoms with E-state index < -0.39 is 0 Å². The molecule has 0 unspecified atom stereocenters. The molecular formula is C44H22N4O2. The third-order valence-corrected chi connectivity index (χ3v) is 10.2. The molecule has 0 N–H and O–H groups in total.